The lowest BCUT2D eigenvalue weighted by atomic mass is 9.50. The molecule has 6 aliphatic rings. The van der Waals surface area contributed by atoms with Crippen LogP contribution in [-0.4, -0.2) is 69.1 Å². The molecule has 0 radical (unpaired) electrons. The van der Waals surface area contributed by atoms with E-state index in [0.717, 1.165) is 11.1 Å². The highest BCUT2D eigenvalue weighted by atomic mass is 16.7. The molecular formula is C19H24O7. The van der Waals surface area contributed by atoms with Crippen molar-refractivity contribution in [1.29, 1.82) is 0 Å². The third kappa shape index (κ3) is 1.38. The van der Waals surface area contributed by atoms with Gasteiger partial charge in [-0.1, -0.05) is 13.8 Å². The van der Waals surface area contributed by atoms with Crippen LogP contribution in [0.15, 0.2) is 11.1 Å². The van der Waals surface area contributed by atoms with E-state index in [1.165, 1.54) is 0 Å². The first-order chi connectivity index (χ1) is 12.3. The molecule has 1 spiro atoms. The van der Waals surface area contributed by atoms with Crippen LogP contribution in [0.4, 0.5) is 0 Å². The number of aliphatic hydroxyl groups is 3. The van der Waals surface area contributed by atoms with Gasteiger partial charge >= 0.3 is 5.97 Å². The van der Waals surface area contributed by atoms with Gasteiger partial charge in [0.25, 0.3) is 0 Å². The molecule has 2 saturated heterocycles. The number of carbonyl (C=O) groups is 1. The summed E-state index contributed by atoms with van der Waals surface area (Å²) in [6, 6.07) is 0. The first kappa shape index (κ1) is 16.0. The van der Waals surface area contributed by atoms with E-state index >= 15 is 0 Å². The van der Waals surface area contributed by atoms with Crippen molar-refractivity contribution < 1.29 is 34.3 Å². The van der Waals surface area contributed by atoms with Gasteiger partial charge in [0.15, 0.2) is 5.60 Å². The van der Waals surface area contributed by atoms with E-state index in [9.17, 15) is 20.1 Å². The molecule has 142 valence electrons. The minimum absolute atomic E-state index is 0.000156. The maximum Gasteiger partial charge on any atom is 0.334 e. The zero-order valence-electron chi connectivity index (χ0n) is 14.8. The Bertz CT molecular complexity index is 761. The van der Waals surface area contributed by atoms with Crippen LogP contribution in [0.5, 0.6) is 0 Å². The second-order valence-corrected chi connectivity index (χ2v) is 9.19. The summed E-state index contributed by atoms with van der Waals surface area (Å²) in [6.45, 7) is 4.18. The van der Waals surface area contributed by atoms with Gasteiger partial charge in [-0.3, -0.25) is 0 Å². The quantitative estimate of drug-likeness (QED) is 0.431. The molecule has 0 aromatic rings. The molecule has 3 aliphatic heterocycles. The third-order valence-electron chi connectivity index (χ3n) is 8.23. The van der Waals surface area contributed by atoms with Gasteiger partial charge in [0, 0.05) is 11.5 Å². The Morgan fingerprint density at radius 3 is 2.69 bits per heavy atom. The van der Waals surface area contributed by atoms with E-state index < -0.39 is 35.1 Å². The number of esters is 1. The van der Waals surface area contributed by atoms with Gasteiger partial charge in [-0.15, -0.1) is 0 Å². The number of ether oxygens (including phenoxy) is 3. The van der Waals surface area contributed by atoms with Gasteiger partial charge in [0.05, 0.1) is 6.10 Å². The Labute approximate surface area is 150 Å². The van der Waals surface area contributed by atoms with Crippen LogP contribution in [0.2, 0.25) is 0 Å². The van der Waals surface area contributed by atoms with Crippen LogP contribution < -0.4 is 0 Å². The fourth-order valence-corrected chi connectivity index (χ4v) is 6.89. The maximum atomic E-state index is 11.9. The summed E-state index contributed by atoms with van der Waals surface area (Å²) in [5.41, 5.74) is -1.70. The molecule has 7 heteroatoms. The van der Waals surface area contributed by atoms with Crippen molar-refractivity contribution in [1.82, 2.24) is 0 Å². The van der Waals surface area contributed by atoms with Crippen molar-refractivity contribution >= 4 is 5.97 Å². The van der Waals surface area contributed by atoms with Crippen molar-refractivity contribution in [3.63, 3.8) is 0 Å². The summed E-state index contributed by atoms with van der Waals surface area (Å²) in [4.78, 5) is 11.9. The van der Waals surface area contributed by atoms with Crippen LogP contribution in [0.3, 0.4) is 0 Å². The number of rotatable bonds is 1. The van der Waals surface area contributed by atoms with E-state index in [-0.39, 0.29) is 36.4 Å². The van der Waals surface area contributed by atoms with Crippen LogP contribution in [0, 0.1) is 17.8 Å². The van der Waals surface area contributed by atoms with Gasteiger partial charge in [-0.05, 0) is 36.7 Å². The average molecular weight is 364 g/mol. The van der Waals surface area contributed by atoms with Crippen molar-refractivity contribution in [2.75, 3.05) is 6.61 Å². The van der Waals surface area contributed by atoms with E-state index in [2.05, 4.69) is 0 Å². The number of carbonyl (C=O) groups excluding carboxylic acids is 1. The van der Waals surface area contributed by atoms with Crippen molar-refractivity contribution in [3.8, 4) is 0 Å². The van der Waals surface area contributed by atoms with Gasteiger partial charge in [-0.25, -0.2) is 4.79 Å². The molecule has 4 fully saturated rings. The topological polar surface area (TPSA) is 112 Å². The summed E-state index contributed by atoms with van der Waals surface area (Å²) in [6.07, 6.45) is -1.35. The third-order valence-corrected chi connectivity index (χ3v) is 8.23. The molecule has 3 N–H and O–H groups in total. The first-order valence-corrected chi connectivity index (χ1v) is 9.63. The largest absolute Gasteiger partial charge is 0.458 e. The molecular weight excluding hydrogens is 340 g/mol. The average Bonchev–Trinajstić information content (AvgIpc) is 3.48. The monoisotopic (exact) mass is 364 g/mol. The van der Waals surface area contributed by atoms with Gasteiger partial charge in [-0.2, -0.15) is 0 Å². The number of hydrogen-bond donors (Lipinski definition) is 3. The summed E-state index contributed by atoms with van der Waals surface area (Å²) in [5.74, 6) is -0.607. The molecule has 26 heavy (non-hydrogen) atoms. The summed E-state index contributed by atoms with van der Waals surface area (Å²) < 4.78 is 17.3. The first-order valence-electron chi connectivity index (χ1n) is 9.63. The lowest BCUT2D eigenvalue weighted by Crippen LogP contribution is -2.75. The van der Waals surface area contributed by atoms with E-state index in [1.54, 1.807) is 0 Å². The second-order valence-electron chi connectivity index (χ2n) is 9.19. The van der Waals surface area contributed by atoms with Crippen molar-refractivity contribution in [2.45, 2.75) is 74.3 Å². The second kappa shape index (κ2) is 4.36. The number of cyclic esters (lactones) is 1. The van der Waals surface area contributed by atoms with Crippen LogP contribution in [-0.2, 0) is 19.0 Å². The molecule has 3 heterocycles. The molecule has 0 aromatic carbocycles. The molecule has 2 saturated carbocycles. The lowest BCUT2D eigenvalue weighted by molar-refractivity contribution is -0.228. The van der Waals surface area contributed by atoms with Crippen LogP contribution in [0.25, 0.3) is 0 Å². The minimum Gasteiger partial charge on any atom is -0.458 e. The normalized spacial score (nSPS) is 59.1. The van der Waals surface area contributed by atoms with E-state index in [0.29, 0.717) is 19.3 Å². The summed E-state index contributed by atoms with van der Waals surface area (Å²) >= 11 is 0. The Balaban J connectivity index is 1.46. The Morgan fingerprint density at radius 1 is 1.19 bits per heavy atom. The van der Waals surface area contributed by atoms with E-state index in [1.807, 2.05) is 13.8 Å². The molecule has 6 rings (SSSR count). The molecule has 3 aliphatic carbocycles. The molecule has 5 unspecified atom stereocenters. The predicted octanol–water partition coefficient (Wildman–Crippen LogP) is -0.333. The van der Waals surface area contributed by atoms with Crippen LogP contribution >= 0.6 is 0 Å². The highest BCUT2D eigenvalue weighted by Gasteiger charge is 2.93. The predicted molar refractivity (Wildman–Crippen MR) is 85.8 cm³/mol. The fraction of sp³-hybridized carbons (Fsp3) is 0.842. The fourth-order valence-electron chi connectivity index (χ4n) is 6.89. The summed E-state index contributed by atoms with van der Waals surface area (Å²) in [5, 5.41) is 33.8. The highest BCUT2D eigenvalue weighted by Crippen LogP contribution is 2.74. The van der Waals surface area contributed by atoms with E-state index in [4.69, 9.17) is 14.2 Å². The zero-order chi connectivity index (χ0) is 18.2. The van der Waals surface area contributed by atoms with Crippen LogP contribution in [0.1, 0.15) is 33.1 Å². The maximum absolute atomic E-state index is 11.9. The van der Waals surface area contributed by atoms with Gasteiger partial charge in [0.2, 0.25) is 0 Å². The number of epoxide rings is 2. The Morgan fingerprint density at radius 2 is 1.96 bits per heavy atom. The van der Waals surface area contributed by atoms with Gasteiger partial charge in [0.1, 0.15) is 36.1 Å². The number of hydrogen-bond acceptors (Lipinski definition) is 7. The summed E-state index contributed by atoms with van der Waals surface area (Å²) in [7, 11) is 0. The molecule has 7 nitrogen and oxygen atoms in total. The van der Waals surface area contributed by atoms with Gasteiger partial charge < -0.3 is 29.5 Å². The highest BCUT2D eigenvalue weighted by molar-refractivity contribution is 5.92. The SMILES string of the molecule is CC(C)[C@]12OC1C13OC1C[C@H]1C4=C(CCC1C3(O)[C@H](O)[C@@H]2O)C(=O)OC4. The standard InChI is InChI=1S/C19H24O7/c1-7(2)17-13(20)14(21)18(23)11-4-3-8-10(6-24-15(8)22)9(11)5-12-19(18,25-12)16(17)26-17/h7,9,11-14,16,20-21,23H,3-6H2,1-2H3/t9-,11?,12?,13-,14+,16?,17+,18?,19?/m0/s1. The van der Waals surface area contributed by atoms with Crippen molar-refractivity contribution in [3.05, 3.63) is 11.1 Å². The Hall–Kier alpha value is -0.990. The lowest BCUT2D eigenvalue weighted by Gasteiger charge is -2.55. The molecule has 9 atom stereocenters. The minimum atomic E-state index is -1.58. The number of aliphatic hydroxyl groups excluding tert-OH is 2. The molecule has 0 bridgehead atoms. The zero-order valence-corrected chi connectivity index (χ0v) is 14.8. The Kier molecular flexibility index (Phi) is 2.68. The smallest absolute Gasteiger partial charge is 0.334 e. The molecule has 0 amide bonds. The number of fused-ring (bicyclic) bond motifs is 4. The van der Waals surface area contributed by atoms with Crippen molar-refractivity contribution in [2.24, 2.45) is 17.8 Å². The molecule has 0 aromatic heterocycles.